The topological polar surface area (TPSA) is 188 Å². The van der Waals surface area contributed by atoms with E-state index in [4.69, 9.17) is 4.98 Å². The highest BCUT2D eigenvalue weighted by atomic mass is 16.2. The quantitative estimate of drug-likeness (QED) is 0.0398. The van der Waals surface area contributed by atoms with Gasteiger partial charge >= 0.3 is 0 Å². The fourth-order valence-corrected chi connectivity index (χ4v) is 9.25. The number of aromatic nitrogens is 5. The maximum Gasteiger partial charge on any atom is 0.271 e. The number of anilines is 3. The second kappa shape index (κ2) is 22.2. The van der Waals surface area contributed by atoms with Crippen molar-refractivity contribution < 1.29 is 24.0 Å². The first-order chi connectivity index (χ1) is 33.4. The number of hydrogen-bond donors (Lipinski definition) is 3. The van der Waals surface area contributed by atoms with Gasteiger partial charge in [-0.25, -0.2) is 15.0 Å². The molecule has 0 radical (unpaired) electrons. The minimum absolute atomic E-state index is 0.0113. The van der Waals surface area contributed by atoms with Gasteiger partial charge in [-0.3, -0.25) is 39.2 Å². The number of pyridine rings is 2. The molecule has 1 fully saturated rings. The minimum Gasteiger partial charge on any atom is -0.384 e. The van der Waals surface area contributed by atoms with Gasteiger partial charge in [-0.2, -0.15) is 0 Å². The molecule has 358 valence electrons. The van der Waals surface area contributed by atoms with Crippen molar-refractivity contribution >= 4 is 46.9 Å². The molecule has 0 saturated carbocycles. The zero-order valence-corrected chi connectivity index (χ0v) is 40.0. The van der Waals surface area contributed by atoms with Gasteiger partial charge in [0.2, 0.25) is 17.8 Å². The Bertz CT molecular complexity index is 2790. The zero-order valence-electron chi connectivity index (χ0n) is 40.0. The molecule has 16 nitrogen and oxygen atoms in total. The van der Waals surface area contributed by atoms with E-state index < -0.39 is 29.7 Å². The Labute approximate surface area is 403 Å². The third kappa shape index (κ3) is 11.7. The number of fused-ring (bicyclic) bond motifs is 2. The smallest absolute Gasteiger partial charge is 0.271 e. The summed E-state index contributed by atoms with van der Waals surface area (Å²) in [6, 6.07) is 15.8. The van der Waals surface area contributed by atoms with Crippen LogP contribution in [0, 0.1) is 25.7 Å². The summed E-state index contributed by atoms with van der Waals surface area (Å²) in [6.45, 7) is 9.72. The SMILES string of the molecule is Cc1cccc(CN2C(=O)c3cc(-c4nc(Nc5ccnc(C#CCCN(C)CCCCCCCCCCNc6cccc7c6C(=O)N(C6CCC(=O)NC6=O)C7=O)c5)ncc4C)cn3CC2C)n1. The van der Waals surface area contributed by atoms with Crippen LogP contribution in [0.25, 0.3) is 11.3 Å². The Balaban J connectivity index is 0.706. The van der Waals surface area contributed by atoms with Crippen LogP contribution in [0.15, 0.2) is 73.2 Å². The van der Waals surface area contributed by atoms with Crippen LogP contribution in [0.5, 0.6) is 0 Å². The Kier molecular flexibility index (Phi) is 15.5. The molecule has 69 heavy (non-hydrogen) atoms. The van der Waals surface area contributed by atoms with E-state index in [1.54, 1.807) is 30.6 Å². The lowest BCUT2D eigenvalue weighted by atomic mass is 10.0. The van der Waals surface area contributed by atoms with Crippen molar-refractivity contribution in [3.63, 3.8) is 0 Å². The van der Waals surface area contributed by atoms with Gasteiger partial charge in [0.25, 0.3) is 17.7 Å². The number of imide groups is 2. The first kappa shape index (κ1) is 48.2. The molecule has 8 rings (SSSR count). The Morgan fingerprint density at radius 2 is 1.64 bits per heavy atom. The lowest BCUT2D eigenvalue weighted by Gasteiger charge is -2.34. The number of piperidine rings is 1. The lowest BCUT2D eigenvalue weighted by molar-refractivity contribution is -0.136. The summed E-state index contributed by atoms with van der Waals surface area (Å²) in [4.78, 5) is 87.9. The van der Waals surface area contributed by atoms with Gasteiger partial charge in [0.1, 0.15) is 17.4 Å². The van der Waals surface area contributed by atoms with E-state index in [-0.39, 0.29) is 30.4 Å². The van der Waals surface area contributed by atoms with Crippen molar-refractivity contribution in [1.82, 2.24) is 44.5 Å². The van der Waals surface area contributed by atoms with Gasteiger partial charge in [0.05, 0.1) is 29.1 Å². The van der Waals surface area contributed by atoms with Crippen LogP contribution in [-0.4, -0.2) is 108 Å². The van der Waals surface area contributed by atoms with Crippen LogP contribution in [0.4, 0.5) is 17.3 Å². The van der Waals surface area contributed by atoms with Crippen molar-refractivity contribution in [2.45, 2.75) is 117 Å². The molecule has 0 bridgehead atoms. The standard InChI is InChI=1S/C53H61N11O5/c1-35-31-56-53(60-48(35)38-29-45-51(68)63(37(3)32-62(45)33-38)34-41-19-15-17-36(2)57-41)58-40-24-26-54-39(30-40)18-11-14-28-61(4)27-13-10-8-6-5-7-9-12-25-55-43-21-16-20-42-47(43)52(69)64(50(42)67)44-22-23-46(65)59-49(44)66/h15-17,19-21,24,26,29-31,33,37,44,55H,5-10,12-14,22-23,25,27-28,32,34H2,1-4H3,(H,59,65,66)(H,54,56,58,60). The van der Waals surface area contributed by atoms with Gasteiger partial charge in [-0.05, 0) is 108 Å². The number of unbranched alkanes of at least 4 members (excludes halogenated alkanes) is 7. The number of benzene rings is 1. The van der Waals surface area contributed by atoms with Crippen molar-refractivity contribution in [2.24, 2.45) is 0 Å². The van der Waals surface area contributed by atoms with E-state index in [1.807, 2.05) is 65.9 Å². The average molecular weight is 932 g/mol. The molecule has 1 aromatic carbocycles. The van der Waals surface area contributed by atoms with Crippen LogP contribution < -0.4 is 16.0 Å². The normalized spacial score (nSPS) is 16.6. The number of nitrogens with one attached hydrogen (secondary N) is 3. The molecule has 2 unspecified atom stereocenters. The first-order valence-electron chi connectivity index (χ1n) is 24.2. The monoisotopic (exact) mass is 931 g/mol. The highest BCUT2D eigenvalue weighted by Gasteiger charge is 2.45. The number of amides is 5. The summed E-state index contributed by atoms with van der Waals surface area (Å²) in [7, 11) is 2.14. The van der Waals surface area contributed by atoms with E-state index in [9.17, 15) is 24.0 Å². The number of carbonyl (C=O) groups excluding carboxylic acids is 5. The largest absolute Gasteiger partial charge is 0.384 e. The van der Waals surface area contributed by atoms with Gasteiger partial charge in [0.15, 0.2) is 0 Å². The van der Waals surface area contributed by atoms with Crippen molar-refractivity contribution in [3.05, 3.63) is 113 Å². The van der Waals surface area contributed by atoms with E-state index >= 15 is 0 Å². The predicted octanol–water partition coefficient (Wildman–Crippen LogP) is 7.45. The molecule has 5 aromatic rings. The van der Waals surface area contributed by atoms with Crippen molar-refractivity contribution in [1.29, 1.82) is 0 Å². The third-order valence-corrected chi connectivity index (χ3v) is 13.0. The molecule has 4 aromatic heterocycles. The number of carbonyl (C=O) groups is 5. The molecule has 2 atom stereocenters. The highest BCUT2D eigenvalue weighted by molar-refractivity contribution is 6.25. The van der Waals surface area contributed by atoms with Crippen LogP contribution in [0.1, 0.15) is 131 Å². The van der Waals surface area contributed by atoms with Gasteiger partial charge in [0, 0.05) is 79.7 Å². The third-order valence-electron chi connectivity index (χ3n) is 13.0. The molecular weight excluding hydrogens is 871 g/mol. The molecular formula is C53H61N11O5. The Morgan fingerprint density at radius 1 is 0.855 bits per heavy atom. The molecule has 1 saturated heterocycles. The van der Waals surface area contributed by atoms with E-state index in [2.05, 4.69) is 61.6 Å². The van der Waals surface area contributed by atoms with Crippen LogP contribution in [0.2, 0.25) is 0 Å². The van der Waals surface area contributed by atoms with Gasteiger partial charge < -0.3 is 25.0 Å². The number of rotatable bonds is 20. The maximum atomic E-state index is 13.7. The van der Waals surface area contributed by atoms with Crippen molar-refractivity contribution in [2.75, 3.05) is 37.3 Å². The minimum atomic E-state index is -0.974. The molecule has 0 aliphatic carbocycles. The van der Waals surface area contributed by atoms with E-state index in [1.165, 1.54) is 25.7 Å². The molecule has 7 heterocycles. The highest BCUT2D eigenvalue weighted by Crippen LogP contribution is 2.33. The van der Waals surface area contributed by atoms with Crippen LogP contribution in [0.3, 0.4) is 0 Å². The number of hydrogen-bond acceptors (Lipinski definition) is 12. The molecule has 3 aliphatic heterocycles. The Morgan fingerprint density at radius 3 is 2.43 bits per heavy atom. The summed E-state index contributed by atoms with van der Waals surface area (Å²) < 4.78 is 2.03. The van der Waals surface area contributed by atoms with E-state index in [0.717, 1.165) is 84.0 Å². The van der Waals surface area contributed by atoms with Crippen LogP contribution in [-0.2, 0) is 22.7 Å². The second-order valence-corrected chi connectivity index (χ2v) is 18.4. The van der Waals surface area contributed by atoms with Gasteiger partial charge in [-0.15, -0.1) is 0 Å². The van der Waals surface area contributed by atoms with Crippen LogP contribution >= 0.6 is 0 Å². The lowest BCUT2D eigenvalue weighted by Crippen LogP contribution is -2.54. The van der Waals surface area contributed by atoms with E-state index in [0.29, 0.717) is 48.2 Å². The first-order valence-corrected chi connectivity index (χ1v) is 24.2. The second-order valence-electron chi connectivity index (χ2n) is 18.4. The van der Waals surface area contributed by atoms with Crippen molar-refractivity contribution in [3.8, 4) is 23.1 Å². The number of aryl methyl sites for hydroxylation is 2. The average Bonchev–Trinajstić information content (AvgIpc) is 3.87. The maximum absolute atomic E-state index is 13.7. The Hall–Kier alpha value is -7.25. The summed E-state index contributed by atoms with van der Waals surface area (Å²) in [5.74, 6) is 4.93. The molecule has 16 heteroatoms. The predicted molar refractivity (Wildman–Crippen MR) is 264 cm³/mol. The summed E-state index contributed by atoms with van der Waals surface area (Å²) in [5, 5.41) is 8.90. The molecule has 3 aliphatic rings. The molecule has 0 spiro atoms. The molecule has 3 N–H and O–H groups in total. The zero-order chi connectivity index (χ0) is 48.4. The molecule has 5 amide bonds. The summed E-state index contributed by atoms with van der Waals surface area (Å²) in [5.41, 5.74) is 7.61. The summed E-state index contributed by atoms with van der Waals surface area (Å²) in [6.07, 6.45) is 15.5. The fraction of sp³-hybridized carbons (Fsp3) is 0.415. The summed E-state index contributed by atoms with van der Waals surface area (Å²) >= 11 is 0. The number of nitrogens with zero attached hydrogens (tertiary/aromatic N) is 8. The fourth-order valence-electron chi connectivity index (χ4n) is 9.25. The van der Waals surface area contributed by atoms with Gasteiger partial charge in [-0.1, -0.05) is 56.6 Å².